The van der Waals surface area contributed by atoms with E-state index in [4.69, 9.17) is 0 Å². The van der Waals surface area contributed by atoms with Gasteiger partial charge in [-0.15, -0.1) is 11.3 Å². The zero-order chi connectivity index (χ0) is 14.8. The van der Waals surface area contributed by atoms with Crippen LogP contribution in [-0.2, 0) is 7.05 Å². The predicted molar refractivity (Wildman–Crippen MR) is 83.4 cm³/mol. The molecule has 1 N–H and O–H groups in total. The standard InChI is InChI=1S/C15H14N4OS/c1-10-13(14(20)18-12-6-4-3-5-7-12)21-15(17-10)11-8-16-19(2)9-11/h3-9H,1-2H3,(H,18,20). The molecule has 21 heavy (non-hydrogen) atoms. The molecule has 1 amide bonds. The maximum absolute atomic E-state index is 12.3. The van der Waals surface area contributed by atoms with E-state index < -0.39 is 0 Å². The number of carbonyl (C=O) groups excluding carboxylic acids is 1. The van der Waals surface area contributed by atoms with Crippen molar-refractivity contribution in [2.24, 2.45) is 7.05 Å². The Kier molecular flexibility index (Phi) is 3.53. The lowest BCUT2D eigenvalue weighted by Crippen LogP contribution is -2.11. The Balaban J connectivity index is 1.86. The third-order valence-corrected chi connectivity index (χ3v) is 4.19. The van der Waals surface area contributed by atoms with Gasteiger partial charge in [-0.1, -0.05) is 18.2 Å². The molecule has 0 saturated heterocycles. The van der Waals surface area contributed by atoms with Crippen LogP contribution in [0.4, 0.5) is 5.69 Å². The maximum atomic E-state index is 12.3. The molecule has 0 atom stereocenters. The van der Waals surface area contributed by atoms with Gasteiger partial charge in [0.05, 0.1) is 11.9 Å². The molecule has 2 heterocycles. The quantitative estimate of drug-likeness (QED) is 0.808. The highest BCUT2D eigenvalue weighted by molar-refractivity contribution is 7.17. The van der Waals surface area contributed by atoms with E-state index in [-0.39, 0.29) is 5.91 Å². The monoisotopic (exact) mass is 298 g/mol. The summed E-state index contributed by atoms with van der Waals surface area (Å²) in [6, 6.07) is 9.40. The molecule has 0 aliphatic heterocycles. The number of hydrogen-bond donors (Lipinski definition) is 1. The zero-order valence-corrected chi connectivity index (χ0v) is 12.5. The van der Waals surface area contributed by atoms with Crippen molar-refractivity contribution in [3.05, 3.63) is 53.3 Å². The number of rotatable bonds is 3. The molecule has 0 radical (unpaired) electrons. The second-order valence-electron chi connectivity index (χ2n) is 4.66. The number of aryl methyl sites for hydroxylation is 2. The molecule has 3 rings (SSSR count). The van der Waals surface area contributed by atoms with E-state index in [1.807, 2.05) is 50.5 Å². The second-order valence-corrected chi connectivity index (χ2v) is 5.66. The van der Waals surface area contributed by atoms with Crippen LogP contribution in [0.1, 0.15) is 15.4 Å². The molecule has 106 valence electrons. The number of thiazole rings is 1. The number of anilines is 1. The third-order valence-electron chi connectivity index (χ3n) is 2.99. The predicted octanol–water partition coefficient (Wildman–Crippen LogP) is 3.10. The van der Waals surface area contributed by atoms with Crippen molar-refractivity contribution in [1.29, 1.82) is 0 Å². The molecule has 0 unspecified atom stereocenters. The van der Waals surface area contributed by atoms with E-state index in [9.17, 15) is 4.79 Å². The highest BCUT2D eigenvalue weighted by atomic mass is 32.1. The minimum absolute atomic E-state index is 0.133. The van der Waals surface area contributed by atoms with E-state index in [2.05, 4.69) is 15.4 Å². The smallest absolute Gasteiger partial charge is 0.267 e. The van der Waals surface area contributed by atoms with Gasteiger partial charge in [-0.2, -0.15) is 5.10 Å². The van der Waals surface area contributed by atoms with Crippen LogP contribution in [0.5, 0.6) is 0 Å². The molecule has 0 bridgehead atoms. The van der Waals surface area contributed by atoms with Gasteiger partial charge in [0, 0.05) is 24.5 Å². The first-order valence-corrected chi connectivity index (χ1v) is 7.28. The molecule has 0 aliphatic rings. The van der Waals surface area contributed by atoms with Gasteiger partial charge in [-0.25, -0.2) is 4.98 Å². The Morgan fingerprint density at radius 3 is 2.71 bits per heavy atom. The maximum Gasteiger partial charge on any atom is 0.267 e. The number of amides is 1. The summed E-state index contributed by atoms with van der Waals surface area (Å²) in [5, 5.41) is 7.81. The van der Waals surface area contributed by atoms with Crippen molar-refractivity contribution >= 4 is 22.9 Å². The molecule has 0 saturated carbocycles. The summed E-state index contributed by atoms with van der Waals surface area (Å²) >= 11 is 1.38. The summed E-state index contributed by atoms with van der Waals surface area (Å²) in [6.45, 7) is 1.84. The fraction of sp³-hybridized carbons (Fsp3) is 0.133. The lowest BCUT2D eigenvalue weighted by Gasteiger charge is -2.02. The first-order valence-electron chi connectivity index (χ1n) is 6.46. The first-order chi connectivity index (χ1) is 10.1. The molecule has 2 aromatic heterocycles. The Bertz CT molecular complexity index is 776. The van der Waals surface area contributed by atoms with E-state index in [0.29, 0.717) is 4.88 Å². The average molecular weight is 298 g/mol. The largest absolute Gasteiger partial charge is 0.321 e. The number of nitrogens with one attached hydrogen (secondary N) is 1. The van der Waals surface area contributed by atoms with Crippen molar-refractivity contribution in [1.82, 2.24) is 14.8 Å². The van der Waals surface area contributed by atoms with Gasteiger partial charge in [-0.05, 0) is 19.1 Å². The van der Waals surface area contributed by atoms with E-state index in [1.54, 1.807) is 10.9 Å². The fourth-order valence-electron chi connectivity index (χ4n) is 1.97. The minimum atomic E-state index is -0.133. The lowest BCUT2D eigenvalue weighted by atomic mass is 10.3. The lowest BCUT2D eigenvalue weighted by molar-refractivity contribution is 0.103. The van der Waals surface area contributed by atoms with Gasteiger partial charge in [0.25, 0.3) is 5.91 Å². The van der Waals surface area contributed by atoms with Gasteiger partial charge in [0.15, 0.2) is 0 Å². The van der Waals surface area contributed by atoms with Crippen LogP contribution in [-0.4, -0.2) is 20.7 Å². The third kappa shape index (κ3) is 2.85. The average Bonchev–Trinajstić information content (AvgIpc) is 3.06. The van der Waals surface area contributed by atoms with Gasteiger partial charge in [0.1, 0.15) is 9.88 Å². The molecule has 0 fully saturated rings. The summed E-state index contributed by atoms with van der Waals surface area (Å²) in [7, 11) is 1.85. The summed E-state index contributed by atoms with van der Waals surface area (Å²) in [5.41, 5.74) is 2.43. The Morgan fingerprint density at radius 2 is 2.05 bits per heavy atom. The highest BCUT2D eigenvalue weighted by Crippen LogP contribution is 2.28. The molecule has 0 spiro atoms. The van der Waals surface area contributed by atoms with E-state index in [0.717, 1.165) is 22.0 Å². The van der Waals surface area contributed by atoms with Crippen molar-refractivity contribution in [3.8, 4) is 10.6 Å². The van der Waals surface area contributed by atoms with Gasteiger partial charge in [0.2, 0.25) is 0 Å². The highest BCUT2D eigenvalue weighted by Gasteiger charge is 2.17. The molecule has 5 nitrogen and oxygen atoms in total. The molecule has 3 aromatic rings. The molecule has 1 aromatic carbocycles. The zero-order valence-electron chi connectivity index (χ0n) is 11.7. The summed E-state index contributed by atoms with van der Waals surface area (Å²) < 4.78 is 1.72. The number of aromatic nitrogens is 3. The minimum Gasteiger partial charge on any atom is -0.321 e. The van der Waals surface area contributed by atoms with Gasteiger partial charge < -0.3 is 5.32 Å². The Morgan fingerprint density at radius 1 is 1.29 bits per heavy atom. The number of hydrogen-bond acceptors (Lipinski definition) is 4. The van der Waals surface area contributed by atoms with Crippen molar-refractivity contribution < 1.29 is 4.79 Å². The van der Waals surface area contributed by atoms with Gasteiger partial charge in [-0.3, -0.25) is 9.48 Å². The Labute approximate surface area is 126 Å². The summed E-state index contributed by atoms with van der Waals surface area (Å²) in [5.74, 6) is -0.133. The van der Waals surface area contributed by atoms with Crippen LogP contribution in [0.3, 0.4) is 0 Å². The van der Waals surface area contributed by atoms with E-state index >= 15 is 0 Å². The molecular weight excluding hydrogens is 284 g/mol. The van der Waals surface area contributed by atoms with Crippen molar-refractivity contribution in [2.75, 3.05) is 5.32 Å². The summed E-state index contributed by atoms with van der Waals surface area (Å²) in [4.78, 5) is 17.4. The topological polar surface area (TPSA) is 59.8 Å². The first kappa shape index (κ1) is 13.5. The van der Waals surface area contributed by atoms with Crippen LogP contribution in [0, 0.1) is 6.92 Å². The fourth-order valence-corrected chi connectivity index (χ4v) is 2.91. The van der Waals surface area contributed by atoms with Crippen LogP contribution < -0.4 is 5.32 Å². The van der Waals surface area contributed by atoms with Crippen LogP contribution in [0.25, 0.3) is 10.6 Å². The number of carbonyl (C=O) groups is 1. The van der Waals surface area contributed by atoms with Crippen LogP contribution >= 0.6 is 11.3 Å². The molecule has 0 aliphatic carbocycles. The SMILES string of the molecule is Cc1nc(-c2cnn(C)c2)sc1C(=O)Nc1ccccc1. The Hall–Kier alpha value is -2.47. The number of nitrogens with zero attached hydrogens (tertiary/aromatic N) is 3. The molecule has 6 heteroatoms. The molecular formula is C15H14N4OS. The van der Waals surface area contributed by atoms with Crippen molar-refractivity contribution in [2.45, 2.75) is 6.92 Å². The van der Waals surface area contributed by atoms with Crippen LogP contribution in [0.15, 0.2) is 42.7 Å². The van der Waals surface area contributed by atoms with E-state index in [1.165, 1.54) is 11.3 Å². The second kappa shape index (κ2) is 5.49. The summed E-state index contributed by atoms with van der Waals surface area (Å²) in [6.07, 6.45) is 3.63. The van der Waals surface area contributed by atoms with Crippen molar-refractivity contribution in [3.63, 3.8) is 0 Å². The van der Waals surface area contributed by atoms with Gasteiger partial charge >= 0.3 is 0 Å². The number of benzene rings is 1. The van der Waals surface area contributed by atoms with Crippen LogP contribution in [0.2, 0.25) is 0 Å². The normalized spacial score (nSPS) is 10.6. The number of para-hydroxylation sites is 1.